The molecule has 2 aromatic carbocycles. The molecule has 0 aromatic heterocycles. The van der Waals surface area contributed by atoms with Gasteiger partial charge >= 0.3 is 0 Å². The molecule has 0 fully saturated rings. The number of nitrogens with one attached hydrogen (secondary N) is 1. The van der Waals surface area contributed by atoms with Crippen LogP contribution in [-0.4, -0.2) is 13.1 Å². The monoisotopic (exact) mass is 269 g/mol. The second-order valence-corrected chi connectivity index (χ2v) is 5.70. The Bertz CT molecular complexity index is 606. The van der Waals surface area contributed by atoms with Gasteiger partial charge in [0.15, 0.2) is 0 Å². The molecule has 2 aromatic rings. The van der Waals surface area contributed by atoms with Crippen molar-refractivity contribution in [2.75, 3.05) is 13.1 Å². The number of fused-ring (bicyclic) bond motifs is 1. The number of hydrogen-bond acceptors (Lipinski definition) is 1. The molecule has 0 amide bonds. The van der Waals surface area contributed by atoms with Crippen molar-refractivity contribution in [2.24, 2.45) is 0 Å². The van der Waals surface area contributed by atoms with Gasteiger partial charge in [0.2, 0.25) is 0 Å². The number of rotatable bonds is 2. The van der Waals surface area contributed by atoms with Crippen LogP contribution in [0.1, 0.15) is 35.1 Å². The molecule has 1 nitrogen and oxygen atoms in total. The zero-order valence-electron chi connectivity index (χ0n) is 11.8. The van der Waals surface area contributed by atoms with E-state index in [-0.39, 0.29) is 5.82 Å². The van der Waals surface area contributed by atoms with Crippen molar-refractivity contribution in [1.29, 1.82) is 0 Å². The second-order valence-electron chi connectivity index (χ2n) is 5.70. The van der Waals surface area contributed by atoms with Gasteiger partial charge in [0.1, 0.15) is 5.82 Å². The van der Waals surface area contributed by atoms with Gasteiger partial charge in [-0.3, -0.25) is 0 Å². The minimum atomic E-state index is -0.158. The summed E-state index contributed by atoms with van der Waals surface area (Å²) in [6.45, 7) is 4.36. The van der Waals surface area contributed by atoms with Crippen molar-refractivity contribution < 1.29 is 4.39 Å². The van der Waals surface area contributed by atoms with Crippen LogP contribution in [0.3, 0.4) is 0 Å². The van der Waals surface area contributed by atoms with Crippen LogP contribution in [0.2, 0.25) is 0 Å². The minimum absolute atomic E-state index is 0.158. The Labute approximate surface area is 119 Å². The number of halogens is 1. The van der Waals surface area contributed by atoms with E-state index < -0.39 is 0 Å². The molecule has 2 heteroatoms. The van der Waals surface area contributed by atoms with Gasteiger partial charge in [-0.05, 0) is 59.7 Å². The van der Waals surface area contributed by atoms with E-state index in [0.29, 0.717) is 5.92 Å². The highest BCUT2D eigenvalue weighted by Crippen LogP contribution is 2.24. The maximum Gasteiger partial charge on any atom is 0.123 e. The van der Waals surface area contributed by atoms with Gasteiger partial charge in [0.25, 0.3) is 0 Å². The summed E-state index contributed by atoms with van der Waals surface area (Å²) < 4.78 is 13.3. The Morgan fingerprint density at radius 1 is 1.15 bits per heavy atom. The third-order valence-corrected chi connectivity index (χ3v) is 4.06. The van der Waals surface area contributed by atoms with E-state index in [1.54, 1.807) is 12.1 Å². The molecule has 1 heterocycles. The van der Waals surface area contributed by atoms with Gasteiger partial charge in [-0.2, -0.15) is 0 Å². The molecule has 1 atom stereocenters. The van der Waals surface area contributed by atoms with Crippen LogP contribution in [0.4, 0.5) is 4.39 Å². The SMILES string of the molecule is CC1CNCCc2ccc(Cc3cccc(F)c3)cc21. The molecule has 0 bridgehead atoms. The molecular formula is C18H20FN. The predicted octanol–water partition coefficient (Wildman–Crippen LogP) is 3.67. The molecule has 20 heavy (non-hydrogen) atoms. The smallest absolute Gasteiger partial charge is 0.123 e. The summed E-state index contributed by atoms with van der Waals surface area (Å²) in [6.07, 6.45) is 1.89. The summed E-state index contributed by atoms with van der Waals surface area (Å²) in [5.74, 6) is 0.384. The molecule has 0 aliphatic carbocycles. The molecule has 0 saturated heterocycles. The Balaban J connectivity index is 1.88. The lowest BCUT2D eigenvalue weighted by molar-refractivity contribution is 0.626. The molecule has 1 unspecified atom stereocenters. The maximum atomic E-state index is 13.3. The van der Waals surface area contributed by atoms with Crippen LogP contribution >= 0.6 is 0 Å². The summed E-state index contributed by atoms with van der Waals surface area (Å²) in [4.78, 5) is 0. The first kappa shape index (κ1) is 13.3. The van der Waals surface area contributed by atoms with Gasteiger partial charge < -0.3 is 5.32 Å². The molecule has 1 N–H and O–H groups in total. The van der Waals surface area contributed by atoms with E-state index in [1.165, 1.54) is 22.8 Å². The zero-order valence-corrected chi connectivity index (χ0v) is 11.8. The third kappa shape index (κ3) is 2.91. The quantitative estimate of drug-likeness (QED) is 0.877. The molecule has 1 aliphatic rings. The fourth-order valence-corrected chi connectivity index (χ4v) is 2.97. The second kappa shape index (κ2) is 5.76. The van der Waals surface area contributed by atoms with Gasteiger partial charge in [-0.15, -0.1) is 0 Å². The van der Waals surface area contributed by atoms with Crippen molar-refractivity contribution in [3.8, 4) is 0 Å². The predicted molar refractivity (Wildman–Crippen MR) is 80.6 cm³/mol. The first-order valence-corrected chi connectivity index (χ1v) is 7.29. The summed E-state index contributed by atoms with van der Waals surface area (Å²) in [5, 5.41) is 3.47. The molecule has 0 spiro atoms. The van der Waals surface area contributed by atoms with Crippen molar-refractivity contribution in [1.82, 2.24) is 5.32 Å². The normalized spacial score (nSPS) is 18.4. The van der Waals surface area contributed by atoms with E-state index in [9.17, 15) is 4.39 Å². The largest absolute Gasteiger partial charge is 0.316 e. The van der Waals surface area contributed by atoms with Gasteiger partial charge in [-0.1, -0.05) is 37.3 Å². The molecule has 0 radical (unpaired) electrons. The molecule has 0 saturated carbocycles. The van der Waals surface area contributed by atoms with Crippen LogP contribution in [0.5, 0.6) is 0 Å². The van der Waals surface area contributed by atoms with E-state index in [4.69, 9.17) is 0 Å². The van der Waals surface area contributed by atoms with Gasteiger partial charge in [0.05, 0.1) is 0 Å². The lowest BCUT2D eigenvalue weighted by atomic mass is 9.92. The van der Waals surface area contributed by atoms with Crippen molar-refractivity contribution >= 4 is 0 Å². The Hall–Kier alpha value is -1.67. The number of hydrogen-bond donors (Lipinski definition) is 1. The van der Waals surface area contributed by atoms with Crippen molar-refractivity contribution in [2.45, 2.75) is 25.7 Å². The van der Waals surface area contributed by atoms with E-state index >= 15 is 0 Å². The van der Waals surface area contributed by atoms with E-state index in [2.05, 4.69) is 30.4 Å². The van der Waals surface area contributed by atoms with Crippen molar-refractivity contribution in [3.63, 3.8) is 0 Å². The highest BCUT2D eigenvalue weighted by molar-refractivity contribution is 5.38. The fourth-order valence-electron chi connectivity index (χ4n) is 2.97. The summed E-state index contributed by atoms with van der Waals surface area (Å²) in [7, 11) is 0. The van der Waals surface area contributed by atoms with Crippen LogP contribution in [0.15, 0.2) is 42.5 Å². The third-order valence-electron chi connectivity index (χ3n) is 4.06. The standard InChI is InChI=1S/C18H20FN/c1-13-12-20-8-7-16-6-5-15(11-18(13)16)9-14-3-2-4-17(19)10-14/h2-6,10-11,13,20H,7-9,12H2,1H3. The van der Waals surface area contributed by atoms with E-state index in [0.717, 1.165) is 31.5 Å². The summed E-state index contributed by atoms with van der Waals surface area (Å²) in [6, 6.07) is 13.6. The highest BCUT2D eigenvalue weighted by atomic mass is 19.1. The van der Waals surface area contributed by atoms with Gasteiger partial charge in [-0.25, -0.2) is 4.39 Å². The molecule has 104 valence electrons. The Morgan fingerprint density at radius 3 is 2.85 bits per heavy atom. The lowest BCUT2D eigenvalue weighted by Gasteiger charge is -2.14. The van der Waals surface area contributed by atoms with Crippen molar-refractivity contribution in [3.05, 3.63) is 70.5 Å². The Morgan fingerprint density at radius 2 is 2.00 bits per heavy atom. The summed E-state index contributed by atoms with van der Waals surface area (Å²) >= 11 is 0. The number of benzene rings is 2. The first-order valence-electron chi connectivity index (χ1n) is 7.29. The molecule has 3 rings (SSSR count). The summed E-state index contributed by atoms with van der Waals surface area (Å²) in [5.41, 5.74) is 5.20. The minimum Gasteiger partial charge on any atom is -0.316 e. The van der Waals surface area contributed by atoms with Crippen LogP contribution in [-0.2, 0) is 12.8 Å². The Kier molecular flexibility index (Phi) is 3.83. The first-order chi connectivity index (χ1) is 9.72. The maximum absolute atomic E-state index is 13.3. The lowest BCUT2D eigenvalue weighted by Crippen LogP contribution is -2.18. The van der Waals surface area contributed by atoms with Crippen LogP contribution in [0, 0.1) is 5.82 Å². The highest BCUT2D eigenvalue weighted by Gasteiger charge is 2.14. The average Bonchev–Trinajstić information content (AvgIpc) is 2.61. The van der Waals surface area contributed by atoms with E-state index in [1.807, 2.05) is 6.07 Å². The molecule has 1 aliphatic heterocycles. The topological polar surface area (TPSA) is 12.0 Å². The average molecular weight is 269 g/mol. The van der Waals surface area contributed by atoms with Gasteiger partial charge in [0, 0.05) is 6.54 Å². The van der Waals surface area contributed by atoms with Crippen LogP contribution < -0.4 is 5.32 Å². The molecular weight excluding hydrogens is 249 g/mol. The van der Waals surface area contributed by atoms with Crippen LogP contribution in [0.25, 0.3) is 0 Å². The zero-order chi connectivity index (χ0) is 13.9. The fraction of sp³-hybridized carbons (Fsp3) is 0.333.